The zero-order valence-corrected chi connectivity index (χ0v) is 19.8. The van der Waals surface area contributed by atoms with Crippen molar-refractivity contribution in [3.63, 3.8) is 0 Å². The van der Waals surface area contributed by atoms with E-state index >= 15 is 0 Å². The highest BCUT2D eigenvalue weighted by atomic mass is 127. The lowest BCUT2D eigenvalue weighted by Gasteiger charge is -2.29. The second-order valence-electron chi connectivity index (χ2n) is 7.23. The molecule has 0 unspecified atom stereocenters. The molecule has 8 heteroatoms. The quantitative estimate of drug-likeness (QED) is 0.452. The molecule has 0 saturated heterocycles. The van der Waals surface area contributed by atoms with Crippen molar-refractivity contribution >= 4 is 40.0 Å². The number of ketones is 1. The van der Waals surface area contributed by atoms with Crippen molar-refractivity contribution in [2.75, 3.05) is 20.8 Å². The van der Waals surface area contributed by atoms with Gasteiger partial charge < -0.3 is 19.5 Å². The van der Waals surface area contributed by atoms with Crippen molar-refractivity contribution in [2.24, 2.45) is 0 Å². The number of allylic oxidation sites excluding steroid dienone is 2. The van der Waals surface area contributed by atoms with Crippen LogP contribution in [0.4, 0.5) is 0 Å². The summed E-state index contributed by atoms with van der Waals surface area (Å²) < 4.78 is 16.8. The minimum Gasteiger partial charge on any atom is -0.493 e. The van der Waals surface area contributed by atoms with Crippen LogP contribution in [0, 0.1) is 14.9 Å². The van der Waals surface area contributed by atoms with E-state index in [1.54, 1.807) is 19.1 Å². The zero-order chi connectivity index (χ0) is 23.0. The number of dihydropyridines is 1. The van der Waals surface area contributed by atoms with Crippen molar-refractivity contribution in [1.29, 1.82) is 5.26 Å². The highest BCUT2D eigenvalue weighted by Crippen LogP contribution is 2.48. The van der Waals surface area contributed by atoms with Crippen molar-refractivity contribution in [3.8, 4) is 17.6 Å². The number of hydrogen-bond donors (Lipinski definition) is 1. The van der Waals surface area contributed by atoms with Crippen LogP contribution in [0.15, 0.2) is 53.2 Å². The Hall–Kier alpha value is -3.32. The summed E-state index contributed by atoms with van der Waals surface area (Å²) in [4.78, 5) is 26.3. The summed E-state index contributed by atoms with van der Waals surface area (Å²) in [5, 5.41) is 12.1. The second kappa shape index (κ2) is 8.67. The number of halogens is 1. The molecular formula is C24H19IN2O5. The molecule has 32 heavy (non-hydrogen) atoms. The lowest BCUT2D eigenvalue weighted by atomic mass is 9.79. The fraction of sp³-hybridized carbons (Fsp3) is 0.208. The normalized spacial score (nSPS) is 16.7. The third kappa shape index (κ3) is 3.42. The zero-order valence-electron chi connectivity index (χ0n) is 17.6. The highest BCUT2D eigenvalue weighted by Gasteiger charge is 2.43. The fourth-order valence-electron chi connectivity index (χ4n) is 4.19. The number of ether oxygens (including phenoxy) is 3. The van der Waals surface area contributed by atoms with E-state index in [1.807, 2.05) is 30.3 Å². The lowest BCUT2D eigenvalue weighted by Crippen LogP contribution is -2.29. The van der Waals surface area contributed by atoms with Gasteiger partial charge in [0.15, 0.2) is 23.9 Å². The third-order valence-electron chi connectivity index (χ3n) is 5.52. The van der Waals surface area contributed by atoms with E-state index < -0.39 is 11.9 Å². The van der Waals surface area contributed by atoms with Gasteiger partial charge in [-0.1, -0.05) is 24.3 Å². The number of carbonyl (C=O) groups excluding carboxylic acids is 2. The van der Waals surface area contributed by atoms with Crippen LogP contribution in [-0.4, -0.2) is 32.6 Å². The van der Waals surface area contributed by atoms with Gasteiger partial charge in [-0.3, -0.25) is 4.79 Å². The van der Waals surface area contributed by atoms with E-state index in [0.29, 0.717) is 48.7 Å². The van der Waals surface area contributed by atoms with Gasteiger partial charge in [-0.15, -0.1) is 0 Å². The maximum absolute atomic E-state index is 13.5. The van der Waals surface area contributed by atoms with Crippen LogP contribution in [0.1, 0.15) is 34.3 Å². The molecule has 0 bridgehead atoms. The van der Waals surface area contributed by atoms with Gasteiger partial charge in [0.1, 0.15) is 6.07 Å². The molecule has 0 spiro atoms. The Balaban J connectivity index is 1.94. The number of carbonyl (C=O) groups is 2. The second-order valence-corrected chi connectivity index (χ2v) is 8.39. The van der Waals surface area contributed by atoms with Crippen LogP contribution < -0.4 is 14.8 Å². The number of nitrogens with zero attached hydrogens (tertiary/aromatic N) is 1. The Bertz CT molecular complexity index is 1260. The number of benzene rings is 2. The molecule has 0 aromatic heterocycles. The number of esters is 1. The molecule has 1 aliphatic heterocycles. The van der Waals surface area contributed by atoms with Crippen molar-refractivity contribution < 1.29 is 23.8 Å². The summed E-state index contributed by atoms with van der Waals surface area (Å²) in [6.45, 7) is 1.66. The van der Waals surface area contributed by atoms with Crippen LogP contribution in [0.5, 0.6) is 11.5 Å². The predicted molar refractivity (Wildman–Crippen MR) is 125 cm³/mol. The maximum atomic E-state index is 13.5. The molecule has 4 rings (SSSR count). The van der Waals surface area contributed by atoms with Gasteiger partial charge in [-0.25, -0.2) is 4.79 Å². The summed E-state index contributed by atoms with van der Waals surface area (Å²) >= 11 is 2.09. The third-order valence-corrected chi connectivity index (χ3v) is 6.32. The molecule has 2 aromatic carbocycles. The van der Waals surface area contributed by atoms with Gasteiger partial charge >= 0.3 is 5.97 Å². The van der Waals surface area contributed by atoms with E-state index in [-0.39, 0.29) is 12.4 Å². The van der Waals surface area contributed by atoms with Gasteiger partial charge in [0.2, 0.25) is 0 Å². The van der Waals surface area contributed by atoms with Crippen molar-refractivity contribution in [3.05, 3.63) is 73.5 Å². The first kappa shape index (κ1) is 21.9. The molecule has 2 aromatic rings. The van der Waals surface area contributed by atoms with Crippen LogP contribution in [0.3, 0.4) is 0 Å². The van der Waals surface area contributed by atoms with E-state index in [4.69, 9.17) is 19.5 Å². The molecule has 1 heterocycles. The molecule has 2 aliphatic rings. The van der Waals surface area contributed by atoms with Crippen molar-refractivity contribution in [1.82, 2.24) is 5.32 Å². The van der Waals surface area contributed by atoms with Crippen LogP contribution in [0.2, 0.25) is 0 Å². The number of rotatable bonds is 5. The molecule has 1 N–H and O–H groups in total. The minimum absolute atomic E-state index is 0.130. The van der Waals surface area contributed by atoms with Gasteiger partial charge in [0.25, 0.3) is 0 Å². The first-order chi connectivity index (χ1) is 15.4. The van der Waals surface area contributed by atoms with Crippen molar-refractivity contribution in [2.45, 2.75) is 12.8 Å². The summed E-state index contributed by atoms with van der Waals surface area (Å²) in [7, 11) is 2.82. The summed E-state index contributed by atoms with van der Waals surface area (Å²) in [6.07, 6.45) is 0. The van der Waals surface area contributed by atoms with Gasteiger partial charge in [0, 0.05) is 28.3 Å². The van der Waals surface area contributed by atoms with E-state index in [0.717, 1.165) is 5.56 Å². The average molecular weight is 542 g/mol. The highest BCUT2D eigenvalue weighted by molar-refractivity contribution is 14.1. The Morgan fingerprint density at radius 2 is 1.94 bits per heavy atom. The molecule has 0 amide bonds. The monoisotopic (exact) mass is 542 g/mol. The fourth-order valence-corrected chi connectivity index (χ4v) is 4.97. The minimum atomic E-state index is -0.661. The molecular weight excluding hydrogens is 523 g/mol. The summed E-state index contributed by atoms with van der Waals surface area (Å²) in [5.41, 5.74) is 4.23. The standard InChI is InChI=1S/C24H19IN2O5/c1-12-18(24(29)31-3)19(13-10-16(25)23(32-9-8-26)17(11-13)30-2)20-21(27-12)14-6-4-5-7-15(14)22(20)28/h4-7,10-11,19,27H,9H2,1-3H3/t19-/m0/s1. The maximum Gasteiger partial charge on any atom is 0.336 e. The first-order valence-corrected chi connectivity index (χ1v) is 10.8. The van der Waals surface area contributed by atoms with E-state index in [9.17, 15) is 9.59 Å². The smallest absolute Gasteiger partial charge is 0.336 e. The Labute approximate surface area is 198 Å². The Kier molecular flexibility index (Phi) is 5.93. The topological polar surface area (TPSA) is 97.6 Å². The van der Waals surface area contributed by atoms with Crippen LogP contribution in [0.25, 0.3) is 5.70 Å². The number of Topliss-reactive ketones (excluding diaryl/α,β-unsaturated/α-hetero) is 1. The van der Waals surface area contributed by atoms with Gasteiger partial charge in [-0.2, -0.15) is 5.26 Å². The number of nitriles is 1. The molecule has 7 nitrogen and oxygen atoms in total. The molecule has 1 aliphatic carbocycles. The predicted octanol–water partition coefficient (Wildman–Crippen LogP) is 3.94. The number of nitrogens with one attached hydrogen (secondary N) is 1. The lowest BCUT2D eigenvalue weighted by molar-refractivity contribution is -0.136. The van der Waals surface area contributed by atoms with Crippen LogP contribution >= 0.6 is 22.6 Å². The average Bonchev–Trinajstić information content (AvgIpc) is 3.08. The summed E-state index contributed by atoms with van der Waals surface area (Å²) in [5.74, 6) is -0.476. The van der Waals surface area contributed by atoms with Crippen LogP contribution in [-0.2, 0) is 9.53 Å². The van der Waals surface area contributed by atoms with E-state index in [1.165, 1.54) is 14.2 Å². The summed E-state index contributed by atoms with van der Waals surface area (Å²) in [6, 6.07) is 12.9. The molecule has 0 fully saturated rings. The molecule has 162 valence electrons. The Morgan fingerprint density at radius 3 is 2.59 bits per heavy atom. The number of hydrogen-bond acceptors (Lipinski definition) is 7. The molecule has 1 atom stereocenters. The van der Waals surface area contributed by atoms with Gasteiger partial charge in [0.05, 0.1) is 29.1 Å². The van der Waals surface area contributed by atoms with E-state index in [2.05, 4.69) is 27.9 Å². The molecule has 0 radical (unpaired) electrons. The number of fused-ring (bicyclic) bond motifs is 2. The first-order valence-electron chi connectivity index (χ1n) is 9.74. The largest absolute Gasteiger partial charge is 0.493 e. The SMILES string of the molecule is COC(=O)C1=C(C)NC2=C(C(=O)c3ccccc32)[C@H]1c1cc(I)c(OCC#N)c(OC)c1. The Morgan fingerprint density at radius 1 is 1.22 bits per heavy atom. The number of methoxy groups -OCH3 is 2. The molecule has 0 saturated carbocycles. The van der Waals surface area contributed by atoms with Gasteiger partial charge in [-0.05, 0) is 47.2 Å².